The van der Waals surface area contributed by atoms with Gasteiger partial charge < -0.3 is 10.2 Å². The number of rotatable bonds is 9. The quantitative estimate of drug-likeness (QED) is 0.226. The zero-order valence-corrected chi connectivity index (χ0v) is 22.5. The fourth-order valence-corrected chi connectivity index (χ4v) is 3.99. The summed E-state index contributed by atoms with van der Waals surface area (Å²) in [6.07, 6.45) is 22.5. The topological polar surface area (TPSA) is 69.7 Å². The number of thioether (sulfide) groups is 1. The number of nitrogens with zero attached hydrogens (tertiary/aromatic N) is 2. The van der Waals surface area contributed by atoms with Gasteiger partial charge in [0, 0.05) is 24.2 Å². The summed E-state index contributed by atoms with van der Waals surface area (Å²) in [5.74, 6) is 0.187. The van der Waals surface area contributed by atoms with Gasteiger partial charge in [0.05, 0.1) is 6.54 Å². The first kappa shape index (κ1) is 33.8. The van der Waals surface area contributed by atoms with Crippen molar-refractivity contribution in [2.45, 2.75) is 65.1 Å². The smallest absolute Gasteiger partial charge is 0.210 e. The average Bonchev–Trinajstić information content (AvgIpc) is 3.43. The lowest BCUT2D eigenvalue weighted by Gasteiger charge is -2.17. The largest absolute Gasteiger partial charge is 0.333 e. The molecule has 1 N–H and O–H groups in total. The zero-order chi connectivity index (χ0) is 26.4. The number of terminal acetylenes is 1. The molecule has 0 bridgehead atoms. The van der Waals surface area contributed by atoms with Gasteiger partial charge >= 0.3 is 0 Å². The van der Waals surface area contributed by atoms with E-state index in [1.54, 1.807) is 28.8 Å². The van der Waals surface area contributed by atoms with Crippen LogP contribution in [0.15, 0.2) is 46.8 Å². The molecule has 0 aliphatic carbocycles. The van der Waals surface area contributed by atoms with Crippen LogP contribution in [-0.4, -0.2) is 73.6 Å². The van der Waals surface area contributed by atoms with Gasteiger partial charge in [-0.15, -0.1) is 24.6 Å². The minimum atomic E-state index is -0.146. The predicted molar refractivity (Wildman–Crippen MR) is 146 cm³/mol. The van der Waals surface area contributed by atoms with Crippen LogP contribution >= 0.6 is 11.8 Å². The van der Waals surface area contributed by atoms with Crippen molar-refractivity contribution in [3.63, 3.8) is 0 Å². The third-order valence-corrected chi connectivity index (χ3v) is 6.16. The van der Waals surface area contributed by atoms with E-state index in [4.69, 9.17) is 0 Å². The van der Waals surface area contributed by atoms with Crippen LogP contribution in [-0.2, 0) is 14.4 Å². The molecule has 0 aromatic rings. The molecule has 6 nitrogen and oxygen atoms in total. The molecule has 34 heavy (non-hydrogen) atoms. The number of carbonyl (C=O) groups is 3. The normalized spacial score (nSPS) is 20.8. The first-order valence-corrected chi connectivity index (χ1v) is 12.5. The molecule has 0 aromatic carbocycles. The summed E-state index contributed by atoms with van der Waals surface area (Å²) in [4.78, 5) is 35.6. The molecular weight excluding hydrogens is 446 g/mol. The molecule has 7 heteroatoms. The average molecular weight is 490 g/mol. The fourth-order valence-electron chi connectivity index (χ4n) is 3.52. The van der Waals surface area contributed by atoms with E-state index < -0.39 is 0 Å². The number of hydrogen-bond donors (Lipinski definition) is 1. The standard InChI is InChI=1S/C10H19NS.C8H12N2O2.C7H10O.C2H2/c1-4-8-12-9-6-7-10(5-2)11-3;1-9-4-7(12)8-6(9)2-3-10(8)5-11;1-3-5-7(4-2)6-8;1-2/h4,6,8-11H,5,7H2,1-3H3;5-6,8H,2-4H2,1H3;3-6H,1-2H3;1-2H/b8-4-,9-6+;;5-3-,7-4+;. The van der Waals surface area contributed by atoms with E-state index in [2.05, 4.69) is 42.0 Å². The minimum Gasteiger partial charge on any atom is -0.333 e. The monoisotopic (exact) mass is 489 g/mol. The van der Waals surface area contributed by atoms with E-state index in [1.165, 1.54) is 6.42 Å². The molecule has 2 aliphatic rings. The second-order valence-electron chi connectivity index (χ2n) is 7.54. The first-order valence-electron chi connectivity index (χ1n) is 11.5. The molecule has 190 valence electrons. The van der Waals surface area contributed by atoms with Gasteiger partial charge in [0.15, 0.2) is 5.78 Å². The van der Waals surface area contributed by atoms with Crippen molar-refractivity contribution < 1.29 is 14.4 Å². The van der Waals surface area contributed by atoms with Gasteiger partial charge in [0.25, 0.3) is 0 Å². The number of Topliss-reactive ketones (excluding diaryl/α,β-unsaturated/α-hetero) is 1. The van der Waals surface area contributed by atoms with Gasteiger partial charge in [-0.05, 0) is 64.9 Å². The van der Waals surface area contributed by atoms with Crippen molar-refractivity contribution in [3.05, 3.63) is 46.8 Å². The van der Waals surface area contributed by atoms with Gasteiger partial charge in [-0.2, -0.15) is 0 Å². The Kier molecular flexibility index (Phi) is 22.2. The SMILES string of the molecule is C#C.C/C=C\C(C=O)=C/C.C/C=C\S/C=C/CC(CC)NC.CN1CC(=O)C2C1CCN2C=O. The summed E-state index contributed by atoms with van der Waals surface area (Å²) in [7, 11) is 3.96. The van der Waals surface area contributed by atoms with Crippen LogP contribution in [0.25, 0.3) is 0 Å². The van der Waals surface area contributed by atoms with E-state index in [0.29, 0.717) is 12.6 Å². The maximum absolute atomic E-state index is 11.4. The molecule has 3 unspecified atom stereocenters. The zero-order valence-electron chi connectivity index (χ0n) is 21.6. The number of ketones is 1. The molecule has 2 saturated heterocycles. The Morgan fingerprint density at radius 2 is 1.88 bits per heavy atom. The van der Waals surface area contributed by atoms with Gasteiger partial charge in [-0.3, -0.25) is 19.3 Å². The first-order chi connectivity index (χ1) is 16.4. The highest BCUT2D eigenvalue weighted by atomic mass is 32.2. The Hall–Kier alpha value is -2.40. The molecule has 1 amide bonds. The number of likely N-dealkylation sites (N-methyl/N-ethyl adjacent to an activating group) is 1. The van der Waals surface area contributed by atoms with Gasteiger partial charge in [0.2, 0.25) is 6.41 Å². The van der Waals surface area contributed by atoms with Crippen LogP contribution in [0.5, 0.6) is 0 Å². The number of fused-ring (bicyclic) bond motifs is 1. The molecule has 0 radical (unpaired) electrons. The van der Waals surface area contributed by atoms with Crippen LogP contribution < -0.4 is 5.32 Å². The van der Waals surface area contributed by atoms with Crippen molar-refractivity contribution in [1.82, 2.24) is 15.1 Å². The van der Waals surface area contributed by atoms with Crippen LogP contribution in [0.1, 0.15) is 47.0 Å². The van der Waals surface area contributed by atoms with E-state index in [1.807, 2.05) is 51.9 Å². The number of nitrogens with one attached hydrogen (secondary N) is 1. The number of carbonyl (C=O) groups excluding carboxylic acids is 3. The Morgan fingerprint density at radius 1 is 1.21 bits per heavy atom. The molecule has 2 aliphatic heterocycles. The van der Waals surface area contributed by atoms with E-state index in [-0.39, 0.29) is 17.9 Å². The number of aldehydes is 1. The van der Waals surface area contributed by atoms with Gasteiger partial charge in [-0.25, -0.2) is 0 Å². The summed E-state index contributed by atoms with van der Waals surface area (Å²) < 4.78 is 0. The lowest BCUT2D eigenvalue weighted by atomic mass is 10.1. The highest BCUT2D eigenvalue weighted by Gasteiger charge is 2.46. The molecule has 2 rings (SSSR count). The van der Waals surface area contributed by atoms with E-state index in [0.717, 1.165) is 37.7 Å². The minimum absolute atomic E-state index is 0.146. The number of likely N-dealkylation sites (tertiary alicyclic amines) is 2. The van der Waals surface area contributed by atoms with Crippen molar-refractivity contribution in [1.29, 1.82) is 0 Å². The number of amides is 1. The maximum Gasteiger partial charge on any atom is 0.210 e. The van der Waals surface area contributed by atoms with Gasteiger partial charge in [0.1, 0.15) is 12.3 Å². The molecular formula is C27H43N3O3S. The summed E-state index contributed by atoms with van der Waals surface area (Å²) in [6.45, 7) is 9.18. The van der Waals surface area contributed by atoms with E-state index >= 15 is 0 Å². The van der Waals surface area contributed by atoms with Crippen molar-refractivity contribution in [2.75, 3.05) is 27.2 Å². The number of allylic oxidation sites excluding steroid dienone is 5. The van der Waals surface area contributed by atoms with E-state index in [9.17, 15) is 14.4 Å². The third-order valence-electron chi connectivity index (χ3n) is 5.38. The fraction of sp³-hybridized carbons (Fsp3) is 0.519. The predicted octanol–water partition coefficient (Wildman–Crippen LogP) is 4.21. The van der Waals surface area contributed by atoms with Crippen LogP contribution in [0.2, 0.25) is 0 Å². The second-order valence-corrected chi connectivity index (χ2v) is 8.36. The van der Waals surface area contributed by atoms with Crippen molar-refractivity contribution in [2.24, 2.45) is 0 Å². The number of hydrogen-bond acceptors (Lipinski definition) is 6. The Morgan fingerprint density at radius 3 is 2.32 bits per heavy atom. The second kappa shape index (κ2) is 22.4. The molecule has 2 heterocycles. The summed E-state index contributed by atoms with van der Waals surface area (Å²) in [6, 6.07) is 0.766. The highest BCUT2D eigenvalue weighted by molar-refractivity contribution is 8.04. The Balaban J connectivity index is 0. The molecule has 2 fully saturated rings. The molecule has 0 saturated carbocycles. The summed E-state index contributed by atoms with van der Waals surface area (Å²) in [5, 5.41) is 7.48. The summed E-state index contributed by atoms with van der Waals surface area (Å²) >= 11 is 1.73. The maximum atomic E-state index is 11.4. The molecule has 0 aromatic heterocycles. The highest BCUT2D eigenvalue weighted by Crippen LogP contribution is 2.26. The Labute approximate surface area is 211 Å². The summed E-state index contributed by atoms with van der Waals surface area (Å²) in [5.41, 5.74) is 0.729. The van der Waals surface area contributed by atoms with Crippen LogP contribution in [0, 0.1) is 12.8 Å². The van der Waals surface area contributed by atoms with Crippen LogP contribution in [0.3, 0.4) is 0 Å². The Bertz CT molecular complexity index is 709. The van der Waals surface area contributed by atoms with Crippen molar-refractivity contribution in [3.8, 4) is 12.8 Å². The lowest BCUT2D eigenvalue weighted by Crippen LogP contribution is -2.37. The van der Waals surface area contributed by atoms with Gasteiger partial charge in [-0.1, -0.05) is 37.3 Å². The third kappa shape index (κ3) is 13.3. The van der Waals surface area contributed by atoms with Crippen molar-refractivity contribution >= 4 is 30.2 Å². The lowest BCUT2D eigenvalue weighted by molar-refractivity contribution is -0.127. The van der Waals surface area contributed by atoms with Crippen LogP contribution in [0.4, 0.5) is 0 Å². The molecule has 3 atom stereocenters. The molecule has 0 spiro atoms.